The third-order valence-electron chi connectivity index (χ3n) is 6.08. The van der Waals surface area contributed by atoms with E-state index in [1.165, 1.54) is 12.1 Å². The van der Waals surface area contributed by atoms with Gasteiger partial charge in [0.15, 0.2) is 0 Å². The van der Waals surface area contributed by atoms with E-state index in [2.05, 4.69) is 4.90 Å². The summed E-state index contributed by atoms with van der Waals surface area (Å²) in [6.07, 6.45) is 0. The summed E-state index contributed by atoms with van der Waals surface area (Å²) >= 11 is 0. The lowest BCUT2D eigenvalue weighted by molar-refractivity contribution is -0.384. The zero-order valence-electron chi connectivity index (χ0n) is 18.2. The lowest BCUT2D eigenvalue weighted by atomic mass is 10.0. The van der Waals surface area contributed by atoms with Crippen LogP contribution in [0.3, 0.4) is 0 Å². The van der Waals surface area contributed by atoms with Gasteiger partial charge >= 0.3 is 5.63 Å². The highest BCUT2D eigenvalue weighted by molar-refractivity contribution is 5.95. The maximum absolute atomic E-state index is 13.0. The molecule has 0 aliphatic carbocycles. The number of rotatable bonds is 4. The molecule has 8 nitrogen and oxygen atoms in total. The van der Waals surface area contributed by atoms with Crippen molar-refractivity contribution in [1.82, 2.24) is 4.90 Å². The van der Waals surface area contributed by atoms with Crippen molar-refractivity contribution in [3.05, 3.63) is 105 Å². The summed E-state index contributed by atoms with van der Waals surface area (Å²) in [6.45, 7) is 2.37. The average molecular weight is 455 g/mol. The quantitative estimate of drug-likeness (QED) is 0.258. The second-order valence-corrected chi connectivity index (χ2v) is 8.12. The first-order valence-electron chi connectivity index (χ1n) is 10.9. The SMILES string of the molecule is O=C(c1ccc(-c2cc3ccccc3oc2=O)cc1)N1CCN(c2ccc([N+](=O)[O-])cc2)CC1. The molecule has 5 rings (SSSR count). The number of anilines is 1. The van der Waals surface area contributed by atoms with E-state index >= 15 is 0 Å². The zero-order valence-corrected chi connectivity index (χ0v) is 18.2. The highest BCUT2D eigenvalue weighted by atomic mass is 16.6. The van der Waals surface area contributed by atoms with Crippen LogP contribution in [0.1, 0.15) is 10.4 Å². The Labute approximate surface area is 194 Å². The topological polar surface area (TPSA) is 96.9 Å². The number of carbonyl (C=O) groups excluding carboxylic acids is 1. The normalized spacial score (nSPS) is 13.8. The number of hydrogen-bond donors (Lipinski definition) is 0. The first-order chi connectivity index (χ1) is 16.5. The van der Waals surface area contributed by atoms with Gasteiger partial charge in [0.1, 0.15) is 5.58 Å². The number of non-ortho nitro benzene ring substituents is 1. The van der Waals surface area contributed by atoms with E-state index in [1.54, 1.807) is 53.4 Å². The summed E-state index contributed by atoms with van der Waals surface area (Å²) in [6, 6.07) is 22.6. The van der Waals surface area contributed by atoms with Crippen LogP contribution in [0.15, 0.2) is 88.1 Å². The molecule has 0 spiro atoms. The molecule has 8 heteroatoms. The smallest absolute Gasteiger partial charge is 0.344 e. The highest BCUT2D eigenvalue weighted by Crippen LogP contribution is 2.23. The molecular weight excluding hydrogens is 434 g/mol. The van der Waals surface area contributed by atoms with Crippen LogP contribution in [-0.2, 0) is 0 Å². The number of nitro groups is 1. The molecule has 34 heavy (non-hydrogen) atoms. The van der Waals surface area contributed by atoms with Gasteiger partial charge in [0.2, 0.25) is 0 Å². The second kappa shape index (κ2) is 8.82. The average Bonchev–Trinajstić information content (AvgIpc) is 2.88. The van der Waals surface area contributed by atoms with Gasteiger partial charge in [-0.25, -0.2) is 4.79 Å². The Kier molecular flexibility index (Phi) is 5.55. The standard InChI is InChI=1S/C26H21N3O5/c30-25(28-15-13-27(14-16-28)21-9-11-22(12-10-21)29(32)33)19-7-5-18(6-8-19)23-17-20-3-1-2-4-24(20)34-26(23)31/h1-12,17H,13-16H2. The molecule has 1 aromatic heterocycles. The number of piperazine rings is 1. The fraction of sp³-hybridized carbons (Fsp3) is 0.154. The largest absolute Gasteiger partial charge is 0.422 e. The Balaban J connectivity index is 1.27. The molecule has 1 saturated heterocycles. The van der Waals surface area contributed by atoms with Gasteiger partial charge in [0, 0.05) is 54.9 Å². The molecule has 0 unspecified atom stereocenters. The Morgan fingerprint density at radius 1 is 0.882 bits per heavy atom. The first-order valence-corrected chi connectivity index (χ1v) is 10.9. The Hall–Kier alpha value is -4.46. The van der Waals surface area contributed by atoms with E-state index in [-0.39, 0.29) is 11.6 Å². The number of para-hydroxylation sites is 1. The van der Waals surface area contributed by atoms with E-state index in [1.807, 2.05) is 18.2 Å². The van der Waals surface area contributed by atoms with Crippen LogP contribution >= 0.6 is 0 Å². The van der Waals surface area contributed by atoms with Crippen molar-refractivity contribution in [2.45, 2.75) is 0 Å². The molecule has 1 amide bonds. The number of fused-ring (bicyclic) bond motifs is 1. The van der Waals surface area contributed by atoms with Crippen molar-refractivity contribution in [3.8, 4) is 11.1 Å². The van der Waals surface area contributed by atoms with Crippen molar-refractivity contribution < 1.29 is 14.1 Å². The predicted octanol–water partition coefficient (Wildman–Crippen LogP) is 4.33. The molecule has 0 saturated carbocycles. The van der Waals surface area contributed by atoms with Crippen molar-refractivity contribution in [2.24, 2.45) is 0 Å². The number of nitrogens with zero attached hydrogens (tertiary/aromatic N) is 3. The first kappa shape index (κ1) is 21.4. The fourth-order valence-corrected chi connectivity index (χ4v) is 4.19. The number of benzene rings is 3. The van der Waals surface area contributed by atoms with Gasteiger partial charge in [-0.05, 0) is 42.0 Å². The Bertz CT molecular complexity index is 1420. The monoisotopic (exact) mass is 455 g/mol. The summed E-state index contributed by atoms with van der Waals surface area (Å²) in [4.78, 5) is 39.7. The predicted molar refractivity (Wildman–Crippen MR) is 129 cm³/mol. The molecule has 0 N–H and O–H groups in total. The summed E-state index contributed by atoms with van der Waals surface area (Å²) in [7, 11) is 0. The van der Waals surface area contributed by atoms with Gasteiger partial charge in [-0.15, -0.1) is 0 Å². The van der Waals surface area contributed by atoms with Crippen LogP contribution < -0.4 is 10.5 Å². The zero-order chi connectivity index (χ0) is 23.7. The van der Waals surface area contributed by atoms with E-state index in [0.717, 1.165) is 11.1 Å². The third-order valence-corrected chi connectivity index (χ3v) is 6.08. The Morgan fingerprint density at radius 3 is 2.24 bits per heavy atom. The number of amides is 1. The van der Waals surface area contributed by atoms with Crippen molar-refractivity contribution in [1.29, 1.82) is 0 Å². The highest BCUT2D eigenvalue weighted by Gasteiger charge is 2.23. The van der Waals surface area contributed by atoms with Gasteiger partial charge in [-0.1, -0.05) is 30.3 Å². The minimum atomic E-state index is -0.418. The van der Waals surface area contributed by atoms with Gasteiger partial charge in [0.05, 0.1) is 10.5 Å². The van der Waals surface area contributed by atoms with Crippen LogP contribution in [0.5, 0.6) is 0 Å². The van der Waals surface area contributed by atoms with Crippen molar-refractivity contribution in [2.75, 3.05) is 31.1 Å². The van der Waals surface area contributed by atoms with Crippen LogP contribution in [0.2, 0.25) is 0 Å². The maximum atomic E-state index is 13.0. The summed E-state index contributed by atoms with van der Waals surface area (Å²) < 4.78 is 5.42. The van der Waals surface area contributed by atoms with E-state index in [9.17, 15) is 19.7 Å². The van der Waals surface area contributed by atoms with Crippen LogP contribution in [0, 0.1) is 10.1 Å². The lowest BCUT2D eigenvalue weighted by Crippen LogP contribution is -2.48. The van der Waals surface area contributed by atoms with Crippen molar-refractivity contribution in [3.63, 3.8) is 0 Å². The minimum absolute atomic E-state index is 0.0578. The molecule has 1 fully saturated rings. The van der Waals surface area contributed by atoms with Gasteiger partial charge in [0.25, 0.3) is 11.6 Å². The molecule has 0 bridgehead atoms. The maximum Gasteiger partial charge on any atom is 0.344 e. The molecule has 1 aliphatic heterocycles. The van der Waals surface area contributed by atoms with E-state index in [0.29, 0.717) is 48.5 Å². The molecular formula is C26H21N3O5. The van der Waals surface area contributed by atoms with Crippen LogP contribution in [-0.4, -0.2) is 41.9 Å². The molecule has 170 valence electrons. The van der Waals surface area contributed by atoms with Crippen molar-refractivity contribution >= 4 is 28.3 Å². The number of hydrogen-bond acceptors (Lipinski definition) is 6. The molecule has 4 aromatic rings. The summed E-state index contributed by atoms with van der Waals surface area (Å²) in [5.41, 5.74) is 2.78. The van der Waals surface area contributed by atoms with Crippen LogP contribution in [0.4, 0.5) is 11.4 Å². The number of nitro benzene ring substituents is 1. The van der Waals surface area contributed by atoms with Crippen LogP contribution in [0.25, 0.3) is 22.1 Å². The van der Waals surface area contributed by atoms with Gasteiger partial charge in [-0.3, -0.25) is 14.9 Å². The van der Waals surface area contributed by atoms with Gasteiger partial charge < -0.3 is 14.2 Å². The molecule has 3 aromatic carbocycles. The second-order valence-electron chi connectivity index (χ2n) is 8.12. The molecule has 2 heterocycles. The molecule has 0 radical (unpaired) electrons. The number of carbonyl (C=O) groups is 1. The molecule has 1 aliphatic rings. The summed E-state index contributed by atoms with van der Waals surface area (Å²) in [5.74, 6) is -0.0690. The Morgan fingerprint density at radius 2 is 1.56 bits per heavy atom. The minimum Gasteiger partial charge on any atom is -0.422 e. The molecule has 0 atom stereocenters. The van der Waals surface area contributed by atoms with E-state index < -0.39 is 10.5 Å². The van der Waals surface area contributed by atoms with Gasteiger partial charge in [-0.2, -0.15) is 0 Å². The third kappa shape index (κ3) is 4.13. The van der Waals surface area contributed by atoms with E-state index in [4.69, 9.17) is 4.42 Å². The fourth-order valence-electron chi connectivity index (χ4n) is 4.19. The lowest BCUT2D eigenvalue weighted by Gasteiger charge is -2.36. The summed E-state index contributed by atoms with van der Waals surface area (Å²) in [5, 5.41) is 11.7.